The Labute approximate surface area is 102 Å². The molecule has 5 nitrogen and oxygen atoms in total. The van der Waals surface area contributed by atoms with Crippen molar-refractivity contribution >= 4 is 6.03 Å². The number of hydrogen-bond acceptors (Lipinski definition) is 3. The minimum Gasteiger partial charge on any atom is -0.373 e. The van der Waals surface area contributed by atoms with E-state index in [2.05, 4.69) is 5.32 Å². The lowest BCUT2D eigenvalue weighted by molar-refractivity contribution is 0.0940. The second-order valence-electron chi connectivity index (χ2n) is 5.48. The Morgan fingerprint density at radius 3 is 2.53 bits per heavy atom. The molecule has 5 heteroatoms. The largest absolute Gasteiger partial charge is 0.373 e. The van der Waals surface area contributed by atoms with E-state index in [4.69, 9.17) is 10.5 Å². The van der Waals surface area contributed by atoms with E-state index in [9.17, 15) is 4.79 Å². The van der Waals surface area contributed by atoms with Gasteiger partial charge in [0, 0.05) is 25.2 Å². The molecule has 3 atom stereocenters. The summed E-state index contributed by atoms with van der Waals surface area (Å²) in [4.78, 5) is 12.7. The van der Waals surface area contributed by atoms with Crippen LogP contribution in [0.5, 0.6) is 0 Å². The minimum absolute atomic E-state index is 0.285. The van der Waals surface area contributed by atoms with Crippen LogP contribution >= 0.6 is 0 Å². The van der Waals surface area contributed by atoms with E-state index in [0.29, 0.717) is 24.3 Å². The summed E-state index contributed by atoms with van der Waals surface area (Å²) < 4.78 is 5.84. The molecule has 0 radical (unpaired) electrons. The van der Waals surface area contributed by atoms with Gasteiger partial charge < -0.3 is 20.7 Å². The number of likely N-dealkylation sites (tertiary alicyclic amines) is 1. The number of urea groups is 1. The molecule has 0 spiro atoms. The number of carbonyl (C=O) groups excluding carboxylic acids is 1. The van der Waals surface area contributed by atoms with Crippen molar-refractivity contribution in [1.29, 1.82) is 0 Å². The molecule has 3 unspecified atom stereocenters. The fourth-order valence-corrected chi connectivity index (χ4v) is 3.38. The van der Waals surface area contributed by atoms with Crippen molar-refractivity contribution in [2.24, 2.45) is 5.73 Å². The van der Waals surface area contributed by atoms with Gasteiger partial charge in [0.05, 0.1) is 12.2 Å². The number of fused-ring (bicyclic) bond motifs is 2. The molecule has 0 saturated carbocycles. The molecule has 2 amide bonds. The highest BCUT2D eigenvalue weighted by Crippen LogP contribution is 2.34. The van der Waals surface area contributed by atoms with Crippen LogP contribution in [0, 0.1) is 0 Å². The highest BCUT2D eigenvalue weighted by atomic mass is 16.5. The standard InChI is InChI=1S/C12H21N3O2/c13-12(16)15-5-3-8(4-6-15)14-10-7-9-1-2-11(10)17-9/h8-11,14H,1-7H2,(H2,13,16). The first-order valence-corrected chi connectivity index (χ1v) is 6.68. The molecule has 3 saturated heterocycles. The van der Waals surface area contributed by atoms with Crippen molar-refractivity contribution in [3.63, 3.8) is 0 Å². The highest BCUT2D eigenvalue weighted by Gasteiger charge is 2.41. The average Bonchev–Trinajstić information content (AvgIpc) is 2.91. The first-order chi connectivity index (χ1) is 8.22. The third-order valence-electron chi connectivity index (χ3n) is 4.36. The van der Waals surface area contributed by atoms with Crippen LogP contribution in [0.4, 0.5) is 4.79 Å². The van der Waals surface area contributed by atoms with E-state index in [1.54, 1.807) is 4.90 Å². The maximum atomic E-state index is 11.0. The molecule has 3 fully saturated rings. The van der Waals surface area contributed by atoms with Crippen LogP contribution in [0.25, 0.3) is 0 Å². The second kappa shape index (κ2) is 4.46. The Hall–Kier alpha value is -0.810. The molecule has 0 aliphatic carbocycles. The number of hydrogen-bond donors (Lipinski definition) is 2. The monoisotopic (exact) mass is 239 g/mol. The topological polar surface area (TPSA) is 67.6 Å². The van der Waals surface area contributed by atoms with Gasteiger partial charge in [-0.2, -0.15) is 0 Å². The van der Waals surface area contributed by atoms with Gasteiger partial charge in [-0.25, -0.2) is 4.79 Å². The van der Waals surface area contributed by atoms with Crippen molar-refractivity contribution < 1.29 is 9.53 Å². The Morgan fingerprint density at radius 1 is 1.24 bits per heavy atom. The lowest BCUT2D eigenvalue weighted by atomic mass is 9.93. The Balaban J connectivity index is 1.46. The summed E-state index contributed by atoms with van der Waals surface area (Å²) in [7, 11) is 0. The zero-order valence-electron chi connectivity index (χ0n) is 10.1. The number of amides is 2. The van der Waals surface area contributed by atoms with Crippen LogP contribution in [-0.4, -0.2) is 48.3 Å². The Bertz CT molecular complexity index is 302. The van der Waals surface area contributed by atoms with Crippen LogP contribution in [0.15, 0.2) is 0 Å². The Kier molecular flexibility index (Phi) is 2.96. The summed E-state index contributed by atoms with van der Waals surface area (Å²) in [5, 5.41) is 3.70. The summed E-state index contributed by atoms with van der Waals surface area (Å²) in [6, 6.07) is 0.782. The van der Waals surface area contributed by atoms with Gasteiger partial charge >= 0.3 is 6.03 Å². The van der Waals surface area contributed by atoms with Gasteiger partial charge in [0.1, 0.15) is 0 Å². The predicted molar refractivity (Wildman–Crippen MR) is 63.6 cm³/mol. The predicted octanol–water partition coefficient (Wildman–Crippen LogP) is 0.439. The highest BCUT2D eigenvalue weighted by molar-refractivity contribution is 5.72. The molecule has 17 heavy (non-hydrogen) atoms. The first kappa shape index (κ1) is 11.3. The van der Waals surface area contributed by atoms with Crippen molar-refractivity contribution in [2.45, 2.75) is 56.4 Å². The van der Waals surface area contributed by atoms with Crippen molar-refractivity contribution in [2.75, 3.05) is 13.1 Å². The molecule has 3 aliphatic heterocycles. The summed E-state index contributed by atoms with van der Waals surface area (Å²) in [6.45, 7) is 1.57. The van der Waals surface area contributed by atoms with Gasteiger partial charge in [-0.1, -0.05) is 0 Å². The number of piperidine rings is 1. The number of ether oxygens (including phenoxy) is 1. The van der Waals surface area contributed by atoms with E-state index < -0.39 is 0 Å². The number of nitrogens with zero attached hydrogens (tertiary/aromatic N) is 1. The van der Waals surface area contributed by atoms with Gasteiger partial charge in [0.15, 0.2) is 0 Å². The van der Waals surface area contributed by atoms with Gasteiger partial charge in [0.25, 0.3) is 0 Å². The number of nitrogens with two attached hydrogens (primary N) is 1. The van der Waals surface area contributed by atoms with Gasteiger partial charge in [-0.3, -0.25) is 0 Å². The third-order valence-corrected chi connectivity index (χ3v) is 4.36. The Morgan fingerprint density at radius 2 is 2.00 bits per heavy atom. The normalized spacial score (nSPS) is 37.6. The summed E-state index contributed by atoms with van der Waals surface area (Å²) in [6.07, 6.45) is 6.58. The lowest BCUT2D eigenvalue weighted by Crippen LogP contribution is -2.51. The van der Waals surface area contributed by atoms with Crippen molar-refractivity contribution in [1.82, 2.24) is 10.2 Å². The molecule has 3 rings (SSSR count). The molecule has 96 valence electrons. The first-order valence-electron chi connectivity index (χ1n) is 6.68. The van der Waals surface area contributed by atoms with Crippen LogP contribution in [0.3, 0.4) is 0 Å². The number of nitrogens with one attached hydrogen (secondary N) is 1. The molecule has 3 N–H and O–H groups in total. The van der Waals surface area contributed by atoms with E-state index in [1.807, 2.05) is 0 Å². The van der Waals surface area contributed by atoms with E-state index in [0.717, 1.165) is 25.9 Å². The zero-order valence-corrected chi connectivity index (χ0v) is 10.1. The van der Waals surface area contributed by atoms with Crippen molar-refractivity contribution in [3.8, 4) is 0 Å². The quantitative estimate of drug-likeness (QED) is 0.734. The lowest BCUT2D eigenvalue weighted by Gasteiger charge is -2.34. The molecular formula is C12H21N3O2. The third kappa shape index (κ3) is 2.26. The van der Waals surface area contributed by atoms with Crippen LogP contribution in [-0.2, 0) is 4.74 Å². The van der Waals surface area contributed by atoms with Crippen LogP contribution in [0.1, 0.15) is 32.1 Å². The number of primary amides is 1. The fraction of sp³-hybridized carbons (Fsp3) is 0.917. The van der Waals surface area contributed by atoms with Crippen LogP contribution in [0.2, 0.25) is 0 Å². The smallest absolute Gasteiger partial charge is 0.314 e. The zero-order chi connectivity index (χ0) is 11.8. The molecule has 0 aromatic heterocycles. The SMILES string of the molecule is NC(=O)N1CCC(NC2CC3CCC2O3)CC1. The molecular weight excluding hydrogens is 218 g/mol. The second-order valence-corrected chi connectivity index (χ2v) is 5.48. The van der Waals surface area contributed by atoms with Gasteiger partial charge in [-0.05, 0) is 32.1 Å². The maximum Gasteiger partial charge on any atom is 0.314 e. The van der Waals surface area contributed by atoms with Gasteiger partial charge in [-0.15, -0.1) is 0 Å². The van der Waals surface area contributed by atoms with Crippen LogP contribution < -0.4 is 11.1 Å². The molecule has 3 heterocycles. The molecule has 2 bridgehead atoms. The molecule has 0 aromatic carbocycles. The van der Waals surface area contributed by atoms with E-state index in [-0.39, 0.29) is 6.03 Å². The summed E-state index contributed by atoms with van der Waals surface area (Å²) in [5.41, 5.74) is 5.27. The van der Waals surface area contributed by atoms with E-state index >= 15 is 0 Å². The van der Waals surface area contributed by atoms with Crippen molar-refractivity contribution in [3.05, 3.63) is 0 Å². The fourth-order valence-electron chi connectivity index (χ4n) is 3.38. The molecule has 3 aliphatic rings. The molecule has 0 aromatic rings. The van der Waals surface area contributed by atoms with E-state index in [1.165, 1.54) is 19.3 Å². The average molecular weight is 239 g/mol. The summed E-state index contributed by atoms with van der Waals surface area (Å²) >= 11 is 0. The maximum absolute atomic E-state index is 11.0. The number of carbonyl (C=O) groups is 1. The summed E-state index contributed by atoms with van der Waals surface area (Å²) in [5.74, 6) is 0. The number of rotatable bonds is 2. The van der Waals surface area contributed by atoms with Gasteiger partial charge in [0.2, 0.25) is 0 Å². The minimum atomic E-state index is -0.285.